The molecule has 2 fully saturated rings. The van der Waals surface area contributed by atoms with Crippen LogP contribution >= 0.6 is 0 Å². The van der Waals surface area contributed by atoms with Crippen molar-refractivity contribution in [2.75, 3.05) is 6.61 Å². The summed E-state index contributed by atoms with van der Waals surface area (Å²) in [4.78, 5) is 0. The molecule has 0 saturated heterocycles. The molecule has 0 amide bonds. The third kappa shape index (κ3) is 2.12. The second-order valence-electron chi connectivity index (χ2n) is 5.02. The van der Waals surface area contributed by atoms with Gasteiger partial charge in [0.1, 0.15) is 0 Å². The molecule has 2 aliphatic rings. The minimum absolute atomic E-state index is 0.457. The molecule has 2 N–H and O–H groups in total. The van der Waals surface area contributed by atoms with E-state index >= 15 is 0 Å². The quantitative estimate of drug-likeness (QED) is 0.702. The van der Waals surface area contributed by atoms with Crippen LogP contribution in [0.3, 0.4) is 0 Å². The van der Waals surface area contributed by atoms with Crippen molar-refractivity contribution in [1.82, 2.24) is 0 Å². The molecular weight excluding hydrogens is 174 g/mol. The van der Waals surface area contributed by atoms with E-state index in [-0.39, 0.29) is 0 Å². The van der Waals surface area contributed by atoms with Crippen molar-refractivity contribution in [3.8, 4) is 0 Å². The summed E-state index contributed by atoms with van der Waals surface area (Å²) in [5, 5.41) is 0. The summed E-state index contributed by atoms with van der Waals surface area (Å²) in [6.07, 6.45) is 8.12. The van der Waals surface area contributed by atoms with Crippen LogP contribution in [0.1, 0.15) is 45.4 Å². The lowest BCUT2D eigenvalue weighted by Crippen LogP contribution is -2.39. The van der Waals surface area contributed by atoms with Crippen LogP contribution in [0.5, 0.6) is 0 Å². The van der Waals surface area contributed by atoms with Gasteiger partial charge in [-0.05, 0) is 43.9 Å². The highest BCUT2D eigenvalue weighted by Crippen LogP contribution is 2.43. The van der Waals surface area contributed by atoms with E-state index in [1.165, 1.54) is 38.5 Å². The summed E-state index contributed by atoms with van der Waals surface area (Å²) in [5.41, 5.74) is 6.02. The average molecular weight is 197 g/mol. The lowest BCUT2D eigenvalue weighted by molar-refractivity contribution is -0.0238. The van der Waals surface area contributed by atoms with E-state index in [9.17, 15) is 0 Å². The van der Waals surface area contributed by atoms with Crippen molar-refractivity contribution in [3.63, 3.8) is 0 Å². The fraction of sp³-hybridized carbons (Fsp3) is 1.00. The molecule has 0 aromatic carbocycles. The molecule has 2 aliphatic carbocycles. The van der Waals surface area contributed by atoms with Crippen molar-refractivity contribution in [2.24, 2.45) is 17.6 Å². The van der Waals surface area contributed by atoms with Gasteiger partial charge in [0.2, 0.25) is 0 Å². The first-order valence-electron chi connectivity index (χ1n) is 6.18. The highest BCUT2D eigenvalue weighted by Gasteiger charge is 2.42. The Morgan fingerprint density at radius 1 is 1.21 bits per heavy atom. The fourth-order valence-corrected chi connectivity index (χ4v) is 3.16. The Hall–Kier alpha value is -0.0800. The van der Waals surface area contributed by atoms with E-state index in [2.05, 4.69) is 6.92 Å². The Balaban J connectivity index is 1.82. The van der Waals surface area contributed by atoms with Crippen molar-refractivity contribution in [3.05, 3.63) is 0 Å². The molecule has 2 heteroatoms. The molecular formula is C12H23NO. The number of hydrogen-bond acceptors (Lipinski definition) is 2. The highest BCUT2D eigenvalue weighted by molar-refractivity contribution is 4.94. The van der Waals surface area contributed by atoms with Crippen LogP contribution in [0, 0.1) is 11.8 Å². The predicted octanol–water partition coefficient (Wildman–Crippen LogP) is 2.32. The molecule has 0 aliphatic heterocycles. The van der Waals surface area contributed by atoms with E-state index in [4.69, 9.17) is 10.5 Å². The number of ether oxygens (including phenoxy) is 1. The third-order valence-electron chi connectivity index (χ3n) is 3.86. The van der Waals surface area contributed by atoms with Gasteiger partial charge < -0.3 is 10.5 Å². The van der Waals surface area contributed by atoms with E-state index in [1.54, 1.807) is 0 Å². The van der Waals surface area contributed by atoms with Gasteiger partial charge >= 0.3 is 0 Å². The molecule has 0 aromatic rings. The third-order valence-corrected chi connectivity index (χ3v) is 3.86. The minimum atomic E-state index is 0.457. The first-order chi connectivity index (χ1) is 6.81. The Labute approximate surface area is 87.2 Å². The van der Waals surface area contributed by atoms with Crippen LogP contribution in [0.2, 0.25) is 0 Å². The Bertz CT molecular complexity index is 169. The second kappa shape index (κ2) is 4.63. The zero-order valence-electron chi connectivity index (χ0n) is 9.24. The second-order valence-corrected chi connectivity index (χ2v) is 5.02. The van der Waals surface area contributed by atoms with Gasteiger partial charge in [-0.2, -0.15) is 0 Å². The molecule has 0 aromatic heterocycles. The summed E-state index contributed by atoms with van der Waals surface area (Å²) in [5.74, 6) is 1.56. The van der Waals surface area contributed by atoms with Gasteiger partial charge in [0, 0.05) is 12.6 Å². The zero-order chi connectivity index (χ0) is 9.97. The zero-order valence-corrected chi connectivity index (χ0v) is 9.24. The van der Waals surface area contributed by atoms with Crippen molar-refractivity contribution in [1.29, 1.82) is 0 Å². The SMILES string of the molecule is CCCCO[C@@H]1[C@@H]2CC[C@H]1C[C@H](N)C2. The maximum absolute atomic E-state index is 6.02. The van der Waals surface area contributed by atoms with E-state index < -0.39 is 0 Å². The van der Waals surface area contributed by atoms with E-state index in [0.717, 1.165) is 18.4 Å². The molecule has 2 bridgehead atoms. The lowest BCUT2D eigenvalue weighted by atomic mass is 9.83. The summed E-state index contributed by atoms with van der Waals surface area (Å²) in [6, 6.07) is 0.457. The predicted molar refractivity (Wildman–Crippen MR) is 58.1 cm³/mol. The first kappa shape index (κ1) is 10.4. The molecule has 2 saturated carbocycles. The normalized spacial score (nSPS) is 41.6. The number of unbranched alkanes of at least 4 members (excludes halogenated alkanes) is 1. The number of rotatable bonds is 4. The molecule has 14 heavy (non-hydrogen) atoms. The first-order valence-corrected chi connectivity index (χ1v) is 6.18. The van der Waals surface area contributed by atoms with Crippen molar-refractivity contribution < 1.29 is 4.74 Å². The van der Waals surface area contributed by atoms with Crippen LogP contribution in [-0.2, 0) is 4.74 Å². The van der Waals surface area contributed by atoms with Gasteiger partial charge in [-0.1, -0.05) is 13.3 Å². The standard InChI is InChI=1S/C12H23NO/c1-2-3-6-14-12-9-4-5-10(12)8-11(13)7-9/h9-12H,2-8,13H2,1H3/t9-,10+,11-,12-. The van der Waals surface area contributed by atoms with Crippen molar-refractivity contribution >= 4 is 0 Å². The van der Waals surface area contributed by atoms with Crippen LogP contribution < -0.4 is 5.73 Å². The van der Waals surface area contributed by atoms with Gasteiger partial charge in [-0.3, -0.25) is 0 Å². The summed E-state index contributed by atoms with van der Waals surface area (Å²) in [7, 11) is 0. The van der Waals surface area contributed by atoms with Gasteiger partial charge in [-0.25, -0.2) is 0 Å². The van der Waals surface area contributed by atoms with Crippen molar-refractivity contribution in [2.45, 2.75) is 57.6 Å². The maximum Gasteiger partial charge on any atom is 0.0632 e. The largest absolute Gasteiger partial charge is 0.378 e. The maximum atomic E-state index is 6.02. The van der Waals surface area contributed by atoms with E-state index in [0.29, 0.717) is 12.1 Å². The topological polar surface area (TPSA) is 35.2 Å². The Morgan fingerprint density at radius 2 is 1.86 bits per heavy atom. The number of nitrogens with two attached hydrogens (primary N) is 1. The van der Waals surface area contributed by atoms with Gasteiger partial charge in [0.15, 0.2) is 0 Å². The smallest absolute Gasteiger partial charge is 0.0632 e. The summed E-state index contributed by atoms with van der Waals surface area (Å²) >= 11 is 0. The van der Waals surface area contributed by atoms with Gasteiger partial charge in [-0.15, -0.1) is 0 Å². The monoisotopic (exact) mass is 197 g/mol. The summed E-state index contributed by atoms with van der Waals surface area (Å²) in [6.45, 7) is 3.18. The van der Waals surface area contributed by atoms with Crippen LogP contribution in [-0.4, -0.2) is 18.8 Å². The van der Waals surface area contributed by atoms with E-state index in [1.807, 2.05) is 0 Å². The fourth-order valence-electron chi connectivity index (χ4n) is 3.16. The molecule has 2 rings (SSSR count). The van der Waals surface area contributed by atoms with Gasteiger partial charge in [0.05, 0.1) is 6.10 Å². The van der Waals surface area contributed by atoms with Crippen LogP contribution in [0.25, 0.3) is 0 Å². The lowest BCUT2D eigenvalue weighted by Gasteiger charge is -2.33. The molecule has 82 valence electrons. The Morgan fingerprint density at radius 3 is 2.43 bits per heavy atom. The molecule has 0 radical (unpaired) electrons. The molecule has 2 nitrogen and oxygen atoms in total. The number of fused-ring (bicyclic) bond motifs is 2. The molecule has 0 unspecified atom stereocenters. The average Bonchev–Trinajstić information content (AvgIpc) is 2.42. The summed E-state index contributed by atoms with van der Waals surface area (Å²) < 4.78 is 6.00. The molecule has 0 heterocycles. The number of hydrogen-bond donors (Lipinski definition) is 1. The Kier molecular flexibility index (Phi) is 3.45. The highest BCUT2D eigenvalue weighted by atomic mass is 16.5. The van der Waals surface area contributed by atoms with Crippen LogP contribution in [0.4, 0.5) is 0 Å². The molecule has 4 atom stereocenters. The minimum Gasteiger partial charge on any atom is -0.378 e. The van der Waals surface area contributed by atoms with Gasteiger partial charge in [0.25, 0.3) is 0 Å². The molecule has 0 spiro atoms. The van der Waals surface area contributed by atoms with Crippen LogP contribution in [0.15, 0.2) is 0 Å².